The molecule has 4 nitrogen and oxygen atoms in total. The summed E-state index contributed by atoms with van der Waals surface area (Å²) in [4.78, 5) is 11.3. The number of likely N-dealkylation sites (N-methyl/N-ethyl adjacent to an activating group) is 1. The normalized spacial score (nSPS) is 11.4. The third-order valence-electron chi connectivity index (χ3n) is 1.96. The van der Waals surface area contributed by atoms with E-state index in [1.165, 1.54) is 6.07 Å². The van der Waals surface area contributed by atoms with E-state index in [4.69, 9.17) is 0 Å². The summed E-state index contributed by atoms with van der Waals surface area (Å²) in [7, 11) is -1.93. The molecule has 0 spiro atoms. The minimum atomic E-state index is -3.51. The smallest absolute Gasteiger partial charge is 0.176 e. The molecule has 0 aromatic heterocycles. The van der Waals surface area contributed by atoms with Gasteiger partial charge in [0, 0.05) is 11.8 Å². The van der Waals surface area contributed by atoms with Crippen molar-refractivity contribution in [1.29, 1.82) is 0 Å². The first kappa shape index (κ1) is 12.8. The van der Waals surface area contributed by atoms with Gasteiger partial charge in [0.05, 0.1) is 11.4 Å². The van der Waals surface area contributed by atoms with Crippen molar-refractivity contribution in [2.24, 2.45) is 0 Å². The highest BCUT2D eigenvalue weighted by Gasteiger charge is 2.13. The van der Waals surface area contributed by atoms with Gasteiger partial charge >= 0.3 is 0 Å². The molecule has 1 N–H and O–H groups in total. The molecule has 0 atom stereocenters. The van der Waals surface area contributed by atoms with Gasteiger partial charge in [-0.1, -0.05) is 0 Å². The number of carbonyl (C=O) groups is 1. The number of benzene rings is 1. The number of sulfone groups is 1. The maximum absolute atomic E-state index is 13.1. The fraction of sp³-hybridized carbons (Fsp3) is 0.300. The first-order chi connectivity index (χ1) is 7.34. The molecule has 0 saturated carbocycles. The zero-order chi connectivity index (χ0) is 12.3. The highest BCUT2D eigenvalue weighted by Crippen LogP contribution is 2.14. The molecule has 88 valence electrons. The summed E-state index contributed by atoms with van der Waals surface area (Å²) in [5, 5.41) is 2.62. The molecule has 0 fully saturated rings. The second kappa shape index (κ2) is 4.71. The third-order valence-corrected chi connectivity index (χ3v) is 3.05. The lowest BCUT2D eigenvalue weighted by Gasteiger charge is -2.04. The van der Waals surface area contributed by atoms with Crippen molar-refractivity contribution in [3.05, 3.63) is 29.6 Å². The van der Waals surface area contributed by atoms with E-state index >= 15 is 0 Å². The number of Topliss-reactive ketones (excluding diaryl/α,β-unsaturated/α-hetero) is 1. The van der Waals surface area contributed by atoms with Crippen molar-refractivity contribution in [3.8, 4) is 0 Å². The second-order valence-electron chi connectivity index (χ2n) is 3.40. The number of hydrogen-bond donors (Lipinski definition) is 1. The number of rotatable bonds is 4. The number of ketones is 1. The Hall–Kier alpha value is -1.27. The lowest BCUT2D eigenvalue weighted by atomic mass is 10.1. The van der Waals surface area contributed by atoms with Gasteiger partial charge in [-0.25, -0.2) is 12.8 Å². The monoisotopic (exact) mass is 245 g/mol. The van der Waals surface area contributed by atoms with Crippen LogP contribution in [-0.4, -0.2) is 34.0 Å². The van der Waals surface area contributed by atoms with Crippen molar-refractivity contribution in [2.45, 2.75) is 4.90 Å². The van der Waals surface area contributed by atoms with E-state index in [1.807, 2.05) is 0 Å². The molecule has 1 rings (SSSR count). The van der Waals surface area contributed by atoms with Gasteiger partial charge in [-0.15, -0.1) is 0 Å². The van der Waals surface area contributed by atoms with Gasteiger partial charge in [0.25, 0.3) is 0 Å². The van der Waals surface area contributed by atoms with Crippen molar-refractivity contribution in [2.75, 3.05) is 19.8 Å². The third kappa shape index (κ3) is 3.11. The van der Waals surface area contributed by atoms with Crippen molar-refractivity contribution in [3.63, 3.8) is 0 Å². The minimum absolute atomic E-state index is 0.0344. The lowest BCUT2D eigenvalue weighted by Crippen LogP contribution is -2.19. The number of hydrogen-bond acceptors (Lipinski definition) is 4. The van der Waals surface area contributed by atoms with E-state index in [2.05, 4.69) is 5.32 Å². The van der Waals surface area contributed by atoms with Crippen LogP contribution in [0.2, 0.25) is 0 Å². The fourth-order valence-corrected chi connectivity index (χ4v) is 1.87. The molecule has 0 heterocycles. The van der Waals surface area contributed by atoms with Crippen LogP contribution in [0.3, 0.4) is 0 Å². The molecule has 16 heavy (non-hydrogen) atoms. The Labute approximate surface area is 93.4 Å². The Morgan fingerprint density at radius 1 is 1.38 bits per heavy atom. The van der Waals surface area contributed by atoms with Gasteiger partial charge in [0.1, 0.15) is 5.82 Å². The summed E-state index contributed by atoms with van der Waals surface area (Å²) in [6.45, 7) is 0.0344. The van der Waals surface area contributed by atoms with Crippen molar-refractivity contribution in [1.82, 2.24) is 5.32 Å². The summed E-state index contributed by atoms with van der Waals surface area (Å²) in [5.41, 5.74) is 0.0507. The van der Waals surface area contributed by atoms with E-state index in [1.54, 1.807) is 7.05 Å². The average Bonchev–Trinajstić information content (AvgIpc) is 2.16. The van der Waals surface area contributed by atoms with Gasteiger partial charge in [0.2, 0.25) is 0 Å². The van der Waals surface area contributed by atoms with Gasteiger partial charge in [-0.3, -0.25) is 4.79 Å². The number of halogens is 1. The first-order valence-electron chi connectivity index (χ1n) is 4.53. The van der Waals surface area contributed by atoms with Crippen LogP contribution in [0.4, 0.5) is 4.39 Å². The molecule has 1 aromatic rings. The zero-order valence-corrected chi connectivity index (χ0v) is 9.77. The van der Waals surface area contributed by atoms with Crippen LogP contribution >= 0.6 is 0 Å². The molecule has 0 aliphatic rings. The topological polar surface area (TPSA) is 63.2 Å². The Morgan fingerprint density at radius 2 is 2.00 bits per heavy atom. The average molecular weight is 245 g/mol. The van der Waals surface area contributed by atoms with E-state index in [-0.39, 0.29) is 22.8 Å². The standard InChI is InChI=1S/C10H12FNO3S/c1-12-6-10(13)7-3-8(11)5-9(4-7)16(2,14)15/h3-5,12H,6H2,1-2H3. The summed E-state index contributed by atoms with van der Waals surface area (Å²) in [5.74, 6) is -1.09. The quantitative estimate of drug-likeness (QED) is 0.790. The molecule has 0 unspecified atom stereocenters. The van der Waals surface area contributed by atoms with E-state index in [0.29, 0.717) is 0 Å². The van der Waals surface area contributed by atoms with Crippen LogP contribution < -0.4 is 5.32 Å². The summed E-state index contributed by atoms with van der Waals surface area (Å²) >= 11 is 0. The fourth-order valence-electron chi connectivity index (χ4n) is 1.20. The molecule has 0 amide bonds. The van der Waals surface area contributed by atoms with Crippen LogP contribution in [0, 0.1) is 5.82 Å². The first-order valence-corrected chi connectivity index (χ1v) is 6.42. The molecule has 0 saturated heterocycles. The molecule has 6 heteroatoms. The largest absolute Gasteiger partial charge is 0.313 e. The maximum Gasteiger partial charge on any atom is 0.176 e. The second-order valence-corrected chi connectivity index (χ2v) is 5.42. The molecule has 1 aromatic carbocycles. The summed E-state index contributed by atoms with van der Waals surface area (Å²) < 4.78 is 35.6. The van der Waals surface area contributed by atoms with Crippen LogP contribution in [-0.2, 0) is 9.84 Å². The van der Waals surface area contributed by atoms with E-state index in [0.717, 1.165) is 18.4 Å². The SMILES string of the molecule is CNCC(=O)c1cc(F)cc(S(C)(=O)=O)c1. The van der Waals surface area contributed by atoms with Crippen molar-refractivity contribution >= 4 is 15.6 Å². The molecular formula is C10H12FNO3S. The Kier molecular flexibility index (Phi) is 3.77. The summed E-state index contributed by atoms with van der Waals surface area (Å²) in [6, 6.07) is 3.10. The molecule has 0 aliphatic heterocycles. The van der Waals surface area contributed by atoms with Crippen LogP contribution in [0.15, 0.2) is 23.1 Å². The lowest BCUT2D eigenvalue weighted by molar-refractivity contribution is 0.0993. The maximum atomic E-state index is 13.1. The summed E-state index contributed by atoms with van der Waals surface area (Å²) in [6.07, 6.45) is 0.966. The Morgan fingerprint density at radius 3 is 2.50 bits per heavy atom. The molecule has 0 radical (unpaired) electrons. The van der Waals surface area contributed by atoms with E-state index < -0.39 is 15.7 Å². The molecular weight excluding hydrogens is 233 g/mol. The predicted molar refractivity (Wildman–Crippen MR) is 57.8 cm³/mol. The van der Waals surface area contributed by atoms with Crippen molar-refractivity contribution < 1.29 is 17.6 Å². The highest BCUT2D eigenvalue weighted by atomic mass is 32.2. The van der Waals surface area contributed by atoms with Gasteiger partial charge < -0.3 is 5.32 Å². The van der Waals surface area contributed by atoms with E-state index in [9.17, 15) is 17.6 Å². The molecule has 0 aliphatic carbocycles. The predicted octanol–water partition coefficient (Wildman–Crippen LogP) is 0.631. The molecule has 0 bridgehead atoms. The minimum Gasteiger partial charge on any atom is -0.313 e. The Bertz CT molecular complexity index is 511. The Balaban J connectivity index is 3.24. The van der Waals surface area contributed by atoms with Gasteiger partial charge in [-0.05, 0) is 25.2 Å². The number of carbonyl (C=O) groups excluding carboxylic acids is 1. The zero-order valence-electron chi connectivity index (χ0n) is 8.95. The van der Waals surface area contributed by atoms with Gasteiger partial charge in [0.15, 0.2) is 15.6 Å². The number of nitrogens with one attached hydrogen (secondary N) is 1. The van der Waals surface area contributed by atoms with Crippen LogP contribution in [0.5, 0.6) is 0 Å². The van der Waals surface area contributed by atoms with Gasteiger partial charge in [-0.2, -0.15) is 0 Å². The van der Waals surface area contributed by atoms with Crippen LogP contribution in [0.1, 0.15) is 10.4 Å². The highest BCUT2D eigenvalue weighted by molar-refractivity contribution is 7.90. The van der Waals surface area contributed by atoms with Crippen LogP contribution in [0.25, 0.3) is 0 Å².